The highest BCUT2D eigenvalue weighted by Gasteiger charge is 2.07. The Morgan fingerprint density at radius 3 is 2.39 bits per heavy atom. The van der Waals surface area contributed by atoms with E-state index in [1.165, 1.54) is 5.57 Å². The van der Waals surface area contributed by atoms with Crippen molar-refractivity contribution in [3.8, 4) is 5.75 Å². The highest BCUT2D eigenvalue weighted by atomic mass is 16.5. The number of nitrogens with zero attached hydrogens (tertiary/aromatic N) is 1. The van der Waals surface area contributed by atoms with E-state index in [0.717, 1.165) is 11.4 Å². The van der Waals surface area contributed by atoms with Crippen LogP contribution in [0, 0.1) is 0 Å². The zero-order valence-corrected chi connectivity index (χ0v) is 12.0. The van der Waals surface area contributed by atoms with Crippen molar-refractivity contribution in [2.45, 2.75) is 27.7 Å². The Balaban J connectivity index is 0.00000137. The first kappa shape index (κ1) is 16.1. The molecule has 0 bridgehead atoms. The maximum Gasteiger partial charge on any atom is 0.144 e. The molecule has 0 amide bonds. The van der Waals surface area contributed by atoms with Gasteiger partial charge in [-0.05, 0) is 26.0 Å². The van der Waals surface area contributed by atoms with Crippen molar-refractivity contribution < 1.29 is 4.74 Å². The van der Waals surface area contributed by atoms with Crippen LogP contribution in [0.4, 0.5) is 11.4 Å². The molecule has 0 aliphatic rings. The molecular weight excluding hydrogens is 224 g/mol. The molecule has 0 radical (unpaired) electrons. The lowest BCUT2D eigenvalue weighted by Crippen LogP contribution is -2.08. The van der Waals surface area contributed by atoms with E-state index in [1.54, 1.807) is 19.4 Å². The van der Waals surface area contributed by atoms with Crippen molar-refractivity contribution >= 4 is 11.4 Å². The third kappa shape index (κ3) is 4.53. The minimum Gasteiger partial charge on any atom is -0.494 e. The molecule has 0 heterocycles. The van der Waals surface area contributed by atoms with Crippen LogP contribution in [0.5, 0.6) is 5.75 Å². The molecule has 100 valence electrons. The summed E-state index contributed by atoms with van der Waals surface area (Å²) in [4.78, 5) is 1.91. The summed E-state index contributed by atoms with van der Waals surface area (Å²) in [5.74, 6) is 0.734. The van der Waals surface area contributed by atoms with Crippen molar-refractivity contribution in [2.24, 2.45) is 0 Å². The van der Waals surface area contributed by atoms with Crippen LogP contribution >= 0.6 is 0 Å². The van der Waals surface area contributed by atoms with Crippen LogP contribution in [0.1, 0.15) is 27.7 Å². The average Bonchev–Trinajstić information content (AvgIpc) is 2.38. The Morgan fingerprint density at radius 1 is 1.33 bits per heavy atom. The molecule has 3 heteroatoms. The molecule has 0 aromatic heterocycles. The predicted octanol–water partition coefficient (Wildman–Crippen LogP) is 4.18. The van der Waals surface area contributed by atoms with Crippen LogP contribution in [-0.2, 0) is 0 Å². The Labute approximate surface area is 111 Å². The molecule has 0 atom stereocenters. The Morgan fingerprint density at radius 2 is 1.94 bits per heavy atom. The average molecular weight is 248 g/mol. The van der Waals surface area contributed by atoms with E-state index in [2.05, 4.69) is 6.58 Å². The van der Waals surface area contributed by atoms with Gasteiger partial charge in [-0.3, -0.25) is 0 Å². The summed E-state index contributed by atoms with van der Waals surface area (Å²) in [7, 11) is 1.63. The number of nitrogens with two attached hydrogens (primary N) is 1. The summed E-state index contributed by atoms with van der Waals surface area (Å²) in [5, 5.41) is 0. The van der Waals surface area contributed by atoms with E-state index in [4.69, 9.17) is 10.5 Å². The first-order valence-corrected chi connectivity index (χ1v) is 6.08. The fourth-order valence-corrected chi connectivity index (χ4v) is 1.41. The van der Waals surface area contributed by atoms with Gasteiger partial charge in [-0.15, -0.1) is 0 Å². The van der Waals surface area contributed by atoms with Gasteiger partial charge in [0, 0.05) is 24.2 Å². The fraction of sp³-hybridized carbons (Fsp3) is 0.333. The molecule has 1 rings (SSSR count). The van der Waals surface area contributed by atoms with Gasteiger partial charge in [-0.1, -0.05) is 26.0 Å². The molecule has 0 aliphatic carbocycles. The predicted molar refractivity (Wildman–Crippen MR) is 80.9 cm³/mol. The van der Waals surface area contributed by atoms with Crippen LogP contribution in [0.15, 0.2) is 42.8 Å². The monoisotopic (exact) mass is 248 g/mol. The number of ether oxygens (including phenoxy) is 1. The molecule has 18 heavy (non-hydrogen) atoms. The molecule has 0 saturated heterocycles. The summed E-state index contributed by atoms with van der Waals surface area (Å²) >= 11 is 0. The Kier molecular flexibility index (Phi) is 7.36. The van der Waals surface area contributed by atoms with Gasteiger partial charge in [-0.2, -0.15) is 0 Å². The topological polar surface area (TPSA) is 38.5 Å². The Bertz CT molecular complexity index is 407. The van der Waals surface area contributed by atoms with Gasteiger partial charge in [0.1, 0.15) is 5.75 Å². The van der Waals surface area contributed by atoms with Gasteiger partial charge in [0.2, 0.25) is 0 Å². The highest BCUT2D eigenvalue weighted by molar-refractivity contribution is 5.66. The second kappa shape index (κ2) is 8.23. The van der Waals surface area contributed by atoms with E-state index in [1.807, 2.05) is 50.9 Å². The zero-order chi connectivity index (χ0) is 14.1. The molecule has 0 aliphatic heterocycles. The minimum atomic E-state index is 0.682. The van der Waals surface area contributed by atoms with Crippen LogP contribution in [-0.4, -0.2) is 7.11 Å². The van der Waals surface area contributed by atoms with Gasteiger partial charge in [0.05, 0.1) is 12.8 Å². The van der Waals surface area contributed by atoms with Gasteiger partial charge in [0.25, 0.3) is 0 Å². The summed E-state index contributed by atoms with van der Waals surface area (Å²) in [6.45, 7) is 11.8. The fourth-order valence-electron chi connectivity index (χ4n) is 1.41. The van der Waals surface area contributed by atoms with E-state index in [-0.39, 0.29) is 0 Å². The Hall–Kier alpha value is -1.90. The van der Waals surface area contributed by atoms with Gasteiger partial charge >= 0.3 is 0 Å². The smallest absolute Gasteiger partial charge is 0.144 e. The van der Waals surface area contributed by atoms with E-state index < -0.39 is 0 Å². The molecule has 0 unspecified atom stereocenters. The largest absolute Gasteiger partial charge is 0.494 e. The highest BCUT2D eigenvalue weighted by Crippen LogP contribution is 2.30. The number of nitrogen functional groups attached to an aromatic ring is 1. The molecule has 1 aromatic carbocycles. The number of allylic oxidation sites excluding steroid dienone is 1. The summed E-state index contributed by atoms with van der Waals surface area (Å²) in [6, 6.07) is 5.55. The first-order chi connectivity index (χ1) is 8.58. The minimum absolute atomic E-state index is 0.682. The molecule has 0 spiro atoms. The van der Waals surface area contributed by atoms with Gasteiger partial charge < -0.3 is 15.4 Å². The van der Waals surface area contributed by atoms with Crippen molar-refractivity contribution in [3.63, 3.8) is 0 Å². The van der Waals surface area contributed by atoms with Gasteiger partial charge in [-0.25, -0.2) is 0 Å². The second-order valence-corrected chi connectivity index (χ2v) is 3.73. The molecule has 0 fully saturated rings. The SMILES string of the molecule is C=CN(C=C(C)C)c1ccc(N)cc1OC.CC. The quantitative estimate of drug-likeness (QED) is 0.812. The van der Waals surface area contributed by atoms with E-state index in [9.17, 15) is 0 Å². The lowest BCUT2D eigenvalue weighted by Gasteiger charge is -2.19. The van der Waals surface area contributed by atoms with E-state index >= 15 is 0 Å². The van der Waals surface area contributed by atoms with Gasteiger partial charge in [0.15, 0.2) is 0 Å². The number of benzene rings is 1. The van der Waals surface area contributed by atoms with Crippen LogP contribution in [0.2, 0.25) is 0 Å². The second-order valence-electron chi connectivity index (χ2n) is 3.73. The first-order valence-electron chi connectivity index (χ1n) is 6.08. The van der Waals surface area contributed by atoms with Crippen molar-refractivity contribution in [1.82, 2.24) is 0 Å². The number of rotatable bonds is 4. The maximum absolute atomic E-state index is 5.71. The lowest BCUT2D eigenvalue weighted by atomic mass is 10.2. The molecule has 1 aromatic rings. The third-order valence-corrected chi connectivity index (χ3v) is 2.08. The number of hydrogen-bond donors (Lipinski definition) is 1. The summed E-state index contributed by atoms with van der Waals surface area (Å²) < 4.78 is 5.29. The lowest BCUT2D eigenvalue weighted by molar-refractivity contribution is 0.416. The van der Waals surface area contributed by atoms with E-state index in [0.29, 0.717) is 5.69 Å². The summed E-state index contributed by atoms with van der Waals surface area (Å²) in [5.41, 5.74) is 8.49. The van der Waals surface area contributed by atoms with Crippen molar-refractivity contribution in [3.05, 3.63) is 42.8 Å². The normalized spacial score (nSPS) is 8.72. The number of anilines is 2. The summed E-state index contributed by atoms with van der Waals surface area (Å²) in [6.07, 6.45) is 3.72. The standard InChI is InChI=1S/C13H18N2O.C2H6/c1-5-15(9-10(2)3)12-7-6-11(14)8-13(12)16-4;1-2/h5-9H,1,14H2,2-4H3;1-2H3. The third-order valence-electron chi connectivity index (χ3n) is 2.08. The zero-order valence-electron chi connectivity index (χ0n) is 12.0. The van der Waals surface area contributed by atoms with Crippen molar-refractivity contribution in [2.75, 3.05) is 17.7 Å². The molecule has 2 N–H and O–H groups in total. The van der Waals surface area contributed by atoms with Crippen molar-refractivity contribution in [1.29, 1.82) is 0 Å². The maximum atomic E-state index is 5.71. The molecule has 0 saturated carbocycles. The number of hydrogen-bond acceptors (Lipinski definition) is 3. The van der Waals surface area contributed by atoms with Crippen LogP contribution < -0.4 is 15.4 Å². The number of methoxy groups -OCH3 is 1. The molecular formula is C15H24N2O. The molecule has 3 nitrogen and oxygen atoms in total. The van der Waals surface area contributed by atoms with Crippen LogP contribution in [0.3, 0.4) is 0 Å². The van der Waals surface area contributed by atoms with Crippen LogP contribution in [0.25, 0.3) is 0 Å².